The summed E-state index contributed by atoms with van der Waals surface area (Å²) < 4.78 is 0. The monoisotopic (exact) mass is 264 g/mol. The van der Waals surface area contributed by atoms with Crippen molar-refractivity contribution in [2.24, 2.45) is 0 Å². The van der Waals surface area contributed by atoms with E-state index >= 15 is 0 Å². The first-order valence-electron chi connectivity index (χ1n) is 6.81. The van der Waals surface area contributed by atoms with E-state index in [1.54, 1.807) is 0 Å². The van der Waals surface area contributed by atoms with Crippen molar-refractivity contribution in [3.05, 3.63) is 35.4 Å². The number of rotatable bonds is 6. The zero-order valence-electron chi connectivity index (χ0n) is 11.5. The average Bonchev–Trinajstić information content (AvgIpc) is 2.38. The van der Waals surface area contributed by atoms with E-state index < -0.39 is 0 Å². The molecule has 100 valence electrons. The second kappa shape index (κ2) is 7.17. The van der Waals surface area contributed by atoms with Gasteiger partial charge in [0.25, 0.3) is 0 Å². The van der Waals surface area contributed by atoms with Crippen LogP contribution in [0.1, 0.15) is 30.0 Å². The van der Waals surface area contributed by atoms with E-state index in [0.29, 0.717) is 6.04 Å². The Labute approximate surface area is 115 Å². The summed E-state index contributed by atoms with van der Waals surface area (Å²) in [5.74, 6) is 2.39. The summed E-state index contributed by atoms with van der Waals surface area (Å²) in [5, 5.41) is 3.71. The van der Waals surface area contributed by atoms with Gasteiger partial charge in [0.05, 0.1) is 0 Å². The van der Waals surface area contributed by atoms with Gasteiger partial charge >= 0.3 is 0 Å². The second-order valence-corrected chi connectivity index (χ2v) is 6.26. The number of hydrogen-bond donors (Lipinski definition) is 1. The van der Waals surface area contributed by atoms with Gasteiger partial charge in [-0.3, -0.25) is 0 Å². The van der Waals surface area contributed by atoms with Gasteiger partial charge in [-0.2, -0.15) is 11.8 Å². The molecule has 0 aromatic heterocycles. The molecule has 0 saturated carbocycles. The summed E-state index contributed by atoms with van der Waals surface area (Å²) in [7, 11) is 4.28. The number of nitrogens with one attached hydrogen (secondary N) is 1. The third-order valence-corrected chi connectivity index (χ3v) is 4.48. The number of fused-ring (bicyclic) bond motifs is 1. The van der Waals surface area contributed by atoms with Gasteiger partial charge in [0.2, 0.25) is 0 Å². The van der Waals surface area contributed by atoms with Crippen molar-refractivity contribution < 1.29 is 0 Å². The highest BCUT2D eigenvalue weighted by Crippen LogP contribution is 2.31. The average molecular weight is 264 g/mol. The van der Waals surface area contributed by atoms with Crippen molar-refractivity contribution in [2.45, 2.75) is 24.6 Å². The maximum Gasteiger partial charge on any atom is 0.0415 e. The molecule has 1 heterocycles. The fraction of sp³-hybridized carbons (Fsp3) is 0.600. The Morgan fingerprint density at radius 2 is 2.11 bits per heavy atom. The molecule has 0 aliphatic carbocycles. The van der Waals surface area contributed by atoms with E-state index in [1.165, 1.54) is 42.0 Å². The number of unbranched alkanes of at least 4 members (excludes halogenated alkanes) is 1. The topological polar surface area (TPSA) is 15.3 Å². The van der Waals surface area contributed by atoms with E-state index in [2.05, 4.69) is 48.6 Å². The van der Waals surface area contributed by atoms with Crippen LogP contribution in [0.3, 0.4) is 0 Å². The lowest BCUT2D eigenvalue weighted by Crippen LogP contribution is -2.28. The molecule has 3 heteroatoms. The molecule has 0 bridgehead atoms. The van der Waals surface area contributed by atoms with Crippen molar-refractivity contribution in [3.8, 4) is 0 Å². The van der Waals surface area contributed by atoms with Gasteiger partial charge in [-0.25, -0.2) is 0 Å². The molecule has 1 aromatic rings. The molecule has 1 unspecified atom stereocenters. The number of hydrogen-bond acceptors (Lipinski definition) is 3. The summed E-state index contributed by atoms with van der Waals surface area (Å²) in [6.45, 7) is 2.32. The minimum Gasteiger partial charge on any atom is -0.309 e. The van der Waals surface area contributed by atoms with Crippen molar-refractivity contribution >= 4 is 11.8 Å². The van der Waals surface area contributed by atoms with Crippen LogP contribution >= 0.6 is 11.8 Å². The second-order valence-electron chi connectivity index (χ2n) is 5.23. The minimum absolute atomic E-state index is 0.555. The van der Waals surface area contributed by atoms with Crippen LogP contribution in [0.2, 0.25) is 0 Å². The Hall–Kier alpha value is -0.510. The number of nitrogens with zero attached hydrogens (tertiary/aromatic N) is 1. The smallest absolute Gasteiger partial charge is 0.0415 e. The third kappa shape index (κ3) is 4.01. The standard InChI is InChI=1S/C15H24N2S/c1-17(2)10-6-5-9-16-15-12-18-11-13-7-3-4-8-14(13)15/h3-4,7-8,15-16H,5-6,9-12H2,1-2H3. The maximum atomic E-state index is 3.71. The highest BCUT2D eigenvalue weighted by atomic mass is 32.2. The Bertz CT molecular complexity index is 365. The van der Waals surface area contributed by atoms with E-state index in [1.807, 2.05) is 11.8 Å². The number of thioether (sulfide) groups is 1. The van der Waals surface area contributed by atoms with E-state index in [-0.39, 0.29) is 0 Å². The molecule has 1 aliphatic heterocycles. The molecule has 1 atom stereocenters. The zero-order valence-corrected chi connectivity index (χ0v) is 12.3. The summed E-state index contributed by atoms with van der Waals surface area (Å²) in [6, 6.07) is 9.42. The van der Waals surface area contributed by atoms with Crippen LogP contribution in [-0.2, 0) is 5.75 Å². The van der Waals surface area contributed by atoms with Crippen LogP contribution < -0.4 is 5.32 Å². The van der Waals surface area contributed by atoms with Gasteiger partial charge in [0.15, 0.2) is 0 Å². The molecular weight excluding hydrogens is 240 g/mol. The van der Waals surface area contributed by atoms with Gasteiger partial charge in [-0.05, 0) is 51.2 Å². The SMILES string of the molecule is CN(C)CCCCNC1CSCc2ccccc21. The Balaban J connectivity index is 1.77. The Morgan fingerprint density at radius 3 is 2.94 bits per heavy atom. The first-order valence-corrected chi connectivity index (χ1v) is 7.96. The summed E-state index contributed by atoms with van der Waals surface area (Å²) >= 11 is 2.04. The molecule has 0 fully saturated rings. The van der Waals surface area contributed by atoms with Gasteiger partial charge in [0, 0.05) is 17.5 Å². The van der Waals surface area contributed by atoms with Crippen molar-refractivity contribution in [1.29, 1.82) is 0 Å². The van der Waals surface area contributed by atoms with Crippen molar-refractivity contribution in [3.63, 3.8) is 0 Å². The van der Waals surface area contributed by atoms with Crippen LogP contribution in [0.5, 0.6) is 0 Å². The van der Waals surface area contributed by atoms with Gasteiger partial charge in [-0.1, -0.05) is 24.3 Å². The first kappa shape index (κ1) is 13.9. The third-order valence-electron chi connectivity index (χ3n) is 3.40. The fourth-order valence-electron chi connectivity index (χ4n) is 2.38. The maximum absolute atomic E-state index is 3.71. The van der Waals surface area contributed by atoms with E-state index in [9.17, 15) is 0 Å². The fourth-order valence-corrected chi connectivity index (χ4v) is 3.51. The van der Waals surface area contributed by atoms with Gasteiger partial charge in [-0.15, -0.1) is 0 Å². The van der Waals surface area contributed by atoms with Crippen molar-refractivity contribution in [1.82, 2.24) is 10.2 Å². The molecule has 2 nitrogen and oxygen atoms in total. The Kier molecular flexibility index (Phi) is 5.54. The molecule has 0 spiro atoms. The van der Waals surface area contributed by atoms with Crippen LogP contribution in [0.25, 0.3) is 0 Å². The normalized spacial score (nSPS) is 18.9. The largest absolute Gasteiger partial charge is 0.309 e. The Morgan fingerprint density at radius 1 is 1.28 bits per heavy atom. The molecule has 1 aliphatic rings. The molecule has 0 radical (unpaired) electrons. The lowest BCUT2D eigenvalue weighted by Gasteiger charge is -2.26. The quantitative estimate of drug-likeness (QED) is 0.795. The molecule has 0 saturated heterocycles. The minimum atomic E-state index is 0.555. The molecule has 1 N–H and O–H groups in total. The summed E-state index contributed by atoms with van der Waals surface area (Å²) in [4.78, 5) is 2.26. The van der Waals surface area contributed by atoms with Gasteiger partial charge < -0.3 is 10.2 Å². The van der Waals surface area contributed by atoms with Crippen LogP contribution in [0, 0.1) is 0 Å². The highest BCUT2D eigenvalue weighted by Gasteiger charge is 2.18. The van der Waals surface area contributed by atoms with Crippen LogP contribution in [0.4, 0.5) is 0 Å². The lowest BCUT2D eigenvalue weighted by atomic mass is 10.0. The first-order chi connectivity index (χ1) is 8.77. The molecular formula is C15H24N2S. The van der Waals surface area contributed by atoms with E-state index in [0.717, 1.165) is 6.54 Å². The molecule has 0 amide bonds. The number of benzene rings is 1. The van der Waals surface area contributed by atoms with E-state index in [4.69, 9.17) is 0 Å². The zero-order chi connectivity index (χ0) is 12.8. The molecule has 18 heavy (non-hydrogen) atoms. The predicted octanol–water partition coefficient (Wildman–Crippen LogP) is 2.91. The summed E-state index contributed by atoms with van der Waals surface area (Å²) in [6.07, 6.45) is 2.54. The highest BCUT2D eigenvalue weighted by molar-refractivity contribution is 7.98. The van der Waals surface area contributed by atoms with Crippen LogP contribution in [0.15, 0.2) is 24.3 Å². The predicted molar refractivity (Wildman–Crippen MR) is 81.1 cm³/mol. The van der Waals surface area contributed by atoms with Crippen LogP contribution in [-0.4, -0.2) is 37.8 Å². The molecule has 1 aromatic carbocycles. The molecule has 2 rings (SSSR count). The lowest BCUT2D eigenvalue weighted by molar-refractivity contribution is 0.389. The van der Waals surface area contributed by atoms with Crippen molar-refractivity contribution in [2.75, 3.05) is 32.9 Å². The van der Waals surface area contributed by atoms with Gasteiger partial charge in [0.1, 0.15) is 0 Å². The summed E-state index contributed by atoms with van der Waals surface area (Å²) in [5.41, 5.74) is 3.03.